The Morgan fingerprint density at radius 1 is 1.00 bits per heavy atom. The number of piperidine rings is 1. The zero-order chi connectivity index (χ0) is 11.5. The topological polar surface area (TPSA) is 33.6 Å². The Bertz CT molecular complexity index is 237. The summed E-state index contributed by atoms with van der Waals surface area (Å²) in [6.07, 6.45) is 2.64. The van der Waals surface area contributed by atoms with Crippen LogP contribution in [0, 0.1) is 5.41 Å². The van der Waals surface area contributed by atoms with E-state index in [4.69, 9.17) is 5.41 Å². The average Bonchev–Trinajstić information content (AvgIpc) is 2.30. The van der Waals surface area contributed by atoms with Crippen molar-refractivity contribution in [3.8, 4) is 0 Å². The molecule has 0 atom stereocenters. The number of rotatable bonds is 1. The van der Waals surface area contributed by atoms with Crippen LogP contribution in [0.5, 0.6) is 0 Å². The van der Waals surface area contributed by atoms with E-state index < -0.39 is 0 Å². The lowest BCUT2D eigenvalue weighted by Gasteiger charge is -2.42. The van der Waals surface area contributed by atoms with Crippen LogP contribution in [-0.4, -0.2) is 72.9 Å². The van der Waals surface area contributed by atoms with Crippen molar-refractivity contribution < 1.29 is 0 Å². The normalized spacial score (nSPS) is 26.0. The Hall–Kier alpha value is -0.610. The minimum atomic E-state index is 0.725. The highest BCUT2D eigenvalue weighted by molar-refractivity contribution is 5.76. The molecule has 2 fully saturated rings. The maximum absolute atomic E-state index is 7.63. The van der Waals surface area contributed by atoms with Crippen molar-refractivity contribution in [2.24, 2.45) is 0 Å². The number of hydrogen-bond donors (Lipinski definition) is 1. The molecule has 2 heterocycles. The smallest absolute Gasteiger partial charge is 0.0926 e. The summed E-state index contributed by atoms with van der Waals surface area (Å²) < 4.78 is 0. The second-order valence-corrected chi connectivity index (χ2v) is 5.14. The van der Waals surface area contributed by atoms with Crippen LogP contribution in [0.3, 0.4) is 0 Å². The molecule has 0 amide bonds. The van der Waals surface area contributed by atoms with Crippen LogP contribution in [0.25, 0.3) is 0 Å². The van der Waals surface area contributed by atoms with Crippen LogP contribution in [0.2, 0.25) is 0 Å². The molecule has 4 nitrogen and oxygen atoms in total. The number of hydrogen-bond acceptors (Lipinski definition) is 3. The molecule has 0 bridgehead atoms. The maximum atomic E-state index is 7.63. The molecule has 0 aromatic heterocycles. The van der Waals surface area contributed by atoms with Crippen LogP contribution in [-0.2, 0) is 0 Å². The lowest BCUT2D eigenvalue weighted by molar-refractivity contribution is 0.0858. The second kappa shape index (κ2) is 5.15. The highest BCUT2D eigenvalue weighted by Gasteiger charge is 2.26. The summed E-state index contributed by atoms with van der Waals surface area (Å²) in [6, 6.07) is 0.796. The van der Waals surface area contributed by atoms with E-state index in [0.29, 0.717) is 0 Å². The van der Waals surface area contributed by atoms with Crippen molar-refractivity contribution in [2.75, 3.05) is 46.3 Å². The van der Waals surface area contributed by atoms with E-state index in [1.54, 1.807) is 0 Å². The third-order valence-electron chi connectivity index (χ3n) is 3.99. The Morgan fingerprint density at radius 2 is 1.56 bits per heavy atom. The fourth-order valence-electron chi connectivity index (χ4n) is 2.78. The second-order valence-electron chi connectivity index (χ2n) is 5.14. The molecule has 92 valence electrons. The first kappa shape index (κ1) is 11.9. The predicted molar refractivity (Wildman–Crippen MR) is 67.1 cm³/mol. The highest BCUT2D eigenvalue weighted by Crippen LogP contribution is 2.17. The molecule has 2 aliphatic rings. The van der Waals surface area contributed by atoms with E-state index in [0.717, 1.165) is 38.1 Å². The minimum absolute atomic E-state index is 0.725. The van der Waals surface area contributed by atoms with Gasteiger partial charge >= 0.3 is 0 Å². The van der Waals surface area contributed by atoms with E-state index in [1.165, 1.54) is 25.9 Å². The quantitative estimate of drug-likeness (QED) is 0.526. The maximum Gasteiger partial charge on any atom is 0.0926 e. The lowest BCUT2D eigenvalue weighted by Crippen LogP contribution is -2.53. The number of nitrogens with zero attached hydrogens (tertiary/aromatic N) is 3. The summed E-state index contributed by atoms with van der Waals surface area (Å²) in [7, 11) is 2.21. The number of likely N-dealkylation sites (tertiary alicyclic amines) is 1. The van der Waals surface area contributed by atoms with E-state index >= 15 is 0 Å². The third-order valence-corrected chi connectivity index (χ3v) is 3.99. The molecule has 0 unspecified atom stereocenters. The number of piperazine rings is 1. The van der Waals surface area contributed by atoms with Gasteiger partial charge in [0, 0.05) is 32.2 Å². The molecule has 2 saturated heterocycles. The standard InChI is InChI=1S/C12H24N4/c1-11(13)15-7-9-16(10-8-15)12-3-5-14(2)6-4-12/h12-13H,3-10H2,1-2H3. The fourth-order valence-corrected chi connectivity index (χ4v) is 2.78. The SMILES string of the molecule is CC(=N)N1CCN(C2CCN(C)CC2)CC1. The number of amidine groups is 1. The van der Waals surface area contributed by atoms with Gasteiger partial charge in [-0.25, -0.2) is 0 Å². The van der Waals surface area contributed by atoms with Crippen LogP contribution >= 0.6 is 0 Å². The molecule has 2 aliphatic heterocycles. The van der Waals surface area contributed by atoms with Crippen LogP contribution in [0.1, 0.15) is 19.8 Å². The minimum Gasteiger partial charge on any atom is -0.358 e. The third kappa shape index (κ3) is 2.74. The van der Waals surface area contributed by atoms with Gasteiger partial charge in [-0.05, 0) is 39.9 Å². The van der Waals surface area contributed by atoms with E-state index in [2.05, 4.69) is 21.7 Å². The Balaban J connectivity index is 1.78. The van der Waals surface area contributed by atoms with E-state index in [-0.39, 0.29) is 0 Å². The molecule has 0 aromatic rings. The Kier molecular flexibility index (Phi) is 3.82. The summed E-state index contributed by atoms with van der Waals surface area (Å²) in [5.74, 6) is 0.725. The molecule has 1 N–H and O–H groups in total. The van der Waals surface area contributed by atoms with Gasteiger partial charge in [0.05, 0.1) is 5.84 Å². The van der Waals surface area contributed by atoms with Crippen molar-refractivity contribution >= 4 is 5.84 Å². The van der Waals surface area contributed by atoms with Gasteiger partial charge in [-0.1, -0.05) is 0 Å². The van der Waals surface area contributed by atoms with Gasteiger partial charge in [0.15, 0.2) is 0 Å². The van der Waals surface area contributed by atoms with Crippen molar-refractivity contribution in [3.63, 3.8) is 0 Å². The average molecular weight is 224 g/mol. The Morgan fingerprint density at radius 3 is 2.06 bits per heavy atom. The molecule has 4 heteroatoms. The zero-order valence-electron chi connectivity index (χ0n) is 10.6. The van der Waals surface area contributed by atoms with Crippen LogP contribution in [0.15, 0.2) is 0 Å². The van der Waals surface area contributed by atoms with Crippen molar-refractivity contribution in [2.45, 2.75) is 25.8 Å². The molecular weight excluding hydrogens is 200 g/mol. The van der Waals surface area contributed by atoms with E-state index in [9.17, 15) is 0 Å². The van der Waals surface area contributed by atoms with Crippen molar-refractivity contribution in [1.82, 2.24) is 14.7 Å². The fraction of sp³-hybridized carbons (Fsp3) is 0.917. The molecule has 0 aliphatic carbocycles. The molecule has 0 saturated carbocycles. The summed E-state index contributed by atoms with van der Waals surface area (Å²) in [5.41, 5.74) is 0. The monoisotopic (exact) mass is 224 g/mol. The molecule has 16 heavy (non-hydrogen) atoms. The molecule has 0 radical (unpaired) electrons. The van der Waals surface area contributed by atoms with Crippen molar-refractivity contribution in [1.29, 1.82) is 5.41 Å². The van der Waals surface area contributed by atoms with Gasteiger partial charge < -0.3 is 9.80 Å². The zero-order valence-corrected chi connectivity index (χ0v) is 10.6. The van der Waals surface area contributed by atoms with Gasteiger partial charge in [0.2, 0.25) is 0 Å². The lowest BCUT2D eigenvalue weighted by atomic mass is 10.0. The molecule has 0 aromatic carbocycles. The van der Waals surface area contributed by atoms with E-state index in [1.807, 2.05) is 6.92 Å². The van der Waals surface area contributed by atoms with Gasteiger partial charge in [-0.2, -0.15) is 0 Å². The molecule has 0 spiro atoms. The van der Waals surface area contributed by atoms with Gasteiger partial charge in [0.1, 0.15) is 0 Å². The largest absolute Gasteiger partial charge is 0.358 e. The predicted octanol–water partition coefficient (Wildman–Crippen LogP) is 0.695. The molecular formula is C12H24N4. The van der Waals surface area contributed by atoms with Crippen molar-refractivity contribution in [3.05, 3.63) is 0 Å². The summed E-state index contributed by atoms with van der Waals surface area (Å²) in [5, 5.41) is 7.63. The highest BCUT2D eigenvalue weighted by atomic mass is 15.3. The first-order valence-corrected chi connectivity index (χ1v) is 6.39. The first-order chi connectivity index (χ1) is 7.66. The summed E-state index contributed by atoms with van der Waals surface area (Å²) >= 11 is 0. The van der Waals surface area contributed by atoms with Gasteiger partial charge in [0.25, 0.3) is 0 Å². The first-order valence-electron chi connectivity index (χ1n) is 6.39. The van der Waals surface area contributed by atoms with Crippen LogP contribution in [0.4, 0.5) is 0 Å². The number of nitrogens with one attached hydrogen (secondary N) is 1. The Labute approximate surface area is 98.7 Å². The van der Waals surface area contributed by atoms with Crippen LogP contribution < -0.4 is 0 Å². The summed E-state index contributed by atoms with van der Waals surface area (Å²) in [6.45, 7) is 8.76. The summed E-state index contributed by atoms with van der Waals surface area (Å²) in [4.78, 5) is 7.24. The van der Waals surface area contributed by atoms with Gasteiger partial charge in [-0.3, -0.25) is 10.3 Å². The van der Waals surface area contributed by atoms with Gasteiger partial charge in [-0.15, -0.1) is 0 Å². The molecule has 2 rings (SSSR count).